The molecule has 0 spiro atoms. The van der Waals surface area contributed by atoms with Gasteiger partial charge in [0, 0.05) is 23.7 Å². The maximum Gasteiger partial charge on any atom is 0.141 e. The molecule has 5 heteroatoms. The van der Waals surface area contributed by atoms with Crippen LogP contribution >= 0.6 is 11.6 Å². The summed E-state index contributed by atoms with van der Waals surface area (Å²) in [4.78, 5) is 0. The van der Waals surface area contributed by atoms with Crippen LogP contribution in [0.4, 0.5) is 4.39 Å². The van der Waals surface area contributed by atoms with Crippen LogP contribution < -0.4 is 5.32 Å². The number of nitrogens with one attached hydrogen (secondary N) is 2. The van der Waals surface area contributed by atoms with Crippen LogP contribution in [0.2, 0.25) is 5.02 Å². The van der Waals surface area contributed by atoms with Crippen LogP contribution in [0.25, 0.3) is 11.3 Å². The van der Waals surface area contributed by atoms with Gasteiger partial charge in [-0.25, -0.2) is 4.39 Å². The maximum absolute atomic E-state index is 13.1. The lowest BCUT2D eigenvalue weighted by atomic mass is 10.1. The predicted octanol–water partition coefficient (Wildman–Crippen LogP) is 3.12. The third-order valence-corrected chi connectivity index (χ3v) is 3.37. The van der Waals surface area contributed by atoms with Gasteiger partial charge in [-0.3, -0.25) is 5.10 Å². The smallest absolute Gasteiger partial charge is 0.141 e. The number of halogens is 2. The Labute approximate surface area is 109 Å². The van der Waals surface area contributed by atoms with Crippen molar-refractivity contribution in [3.63, 3.8) is 0 Å². The predicted molar refractivity (Wildman–Crippen MR) is 68.9 cm³/mol. The molecule has 94 valence electrons. The summed E-state index contributed by atoms with van der Waals surface area (Å²) in [6, 6.07) is 5.33. The van der Waals surface area contributed by atoms with E-state index < -0.39 is 5.82 Å². The summed E-state index contributed by atoms with van der Waals surface area (Å²) in [6.45, 7) is 0.769. The molecule has 0 bridgehead atoms. The topological polar surface area (TPSA) is 40.7 Å². The van der Waals surface area contributed by atoms with E-state index in [1.165, 1.54) is 18.9 Å². The first-order chi connectivity index (χ1) is 8.74. The number of nitrogens with zero attached hydrogens (tertiary/aromatic N) is 1. The second-order valence-electron chi connectivity index (χ2n) is 4.55. The average molecular weight is 266 g/mol. The Morgan fingerprint density at radius 2 is 2.28 bits per heavy atom. The fourth-order valence-corrected chi connectivity index (χ4v) is 2.07. The second-order valence-corrected chi connectivity index (χ2v) is 4.96. The van der Waals surface area contributed by atoms with Crippen LogP contribution in [0.5, 0.6) is 0 Å². The molecule has 3 rings (SSSR count). The molecular formula is C13H13ClFN3. The van der Waals surface area contributed by atoms with E-state index in [-0.39, 0.29) is 5.02 Å². The van der Waals surface area contributed by atoms with Gasteiger partial charge in [-0.15, -0.1) is 0 Å². The van der Waals surface area contributed by atoms with Gasteiger partial charge in [0.05, 0.1) is 16.9 Å². The third-order valence-electron chi connectivity index (χ3n) is 3.08. The number of benzene rings is 1. The SMILES string of the molecule is Fc1ccc(-c2[nH]ncc2CNC2CC2)cc1Cl. The molecule has 1 heterocycles. The van der Waals surface area contributed by atoms with E-state index in [0.29, 0.717) is 6.04 Å². The lowest BCUT2D eigenvalue weighted by Gasteiger charge is -2.05. The Balaban J connectivity index is 1.85. The highest BCUT2D eigenvalue weighted by Gasteiger charge is 2.21. The molecule has 2 N–H and O–H groups in total. The molecule has 0 atom stereocenters. The van der Waals surface area contributed by atoms with E-state index >= 15 is 0 Å². The highest BCUT2D eigenvalue weighted by Crippen LogP contribution is 2.26. The molecule has 1 fully saturated rings. The highest BCUT2D eigenvalue weighted by atomic mass is 35.5. The van der Waals surface area contributed by atoms with Crippen molar-refractivity contribution >= 4 is 11.6 Å². The molecule has 3 nitrogen and oxygen atoms in total. The van der Waals surface area contributed by atoms with E-state index in [2.05, 4.69) is 15.5 Å². The van der Waals surface area contributed by atoms with Gasteiger partial charge in [0.2, 0.25) is 0 Å². The number of hydrogen-bond donors (Lipinski definition) is 2. The largest absolute Gasteiger partial charge is 0.310 e. The second kappa shape index (κ2) is 4.71. The Hall–Kier alpha value is -1.39. The Kier molecular flexibility index (Phi) is 3.06. The van der Waals surface area contributed by atoms with Crippen molar-refractivity contribution in [1.82, 2.24) is 15.5 Å². The van der Waals surface area contributed by atoms with Gasteiger partial charge >= 0.3 is 0 Å². The molecule has 1 aromatic heterocycles. The van der Waals surface area contributed by atoms with Gasteiger partial charge in [0.1, 0.15) is 5.82 Å². The fourth-order valence-electron chi connectivity index (χ4n) is 1.89. The first-order valence-corrected chi connectivity index (χ1v) is 6.33. The van der Waals surface area contributed by atoms with Gasteiger partial charge in [-0.05, 0) is 31.0 Å². The minimum absolute atomic E-state index is 0.128. The zero-order valence-corrected chi connectivity index (χ0v) is 10.5. The van der Waals surface area contributed by atoms with Crippen molar-refractivity contribution in [1.29, 1.82) is 0 Å². The van der Waals surface area contributed by atoms with Crippen molar-refractivity contribution in [2.75, 3.05) is 0 Å². The fraction of sp³-hybridized carbons (Fsp3) is 0.308. The zero-order valence-electron chi connectivity index (χ0n) is 9.71. The first kappa shape index (κ1) is 11.7. The van der Waals surface area contributed by atoms with E-state index in [1.807, 2.05) is 0 Å². The number of H-pyrrole nitrogens is 1. The van der Waals surface area contributed by atoms with Crippen molar-refractivity contribution < 1.29 is 4.39 Å². The molecule has 2 aromatic rings. The van der Waals surface area contributed by atoms with E-state index in [1.54, 1.807) is 18.3 Å². The zero-order chi connectivity index (χ0) is 12.5. The Morgan fingerprint density at radius 1 is 1.44 bits per heavy atom. The molecule has 18 heavy (non-hydrogen) atoms. The van der Waals surface area contributed by atoms with Crippen molar-refractivity contribution in [3.8, 4) is 11.3 Å². The van der Waals surface area contributed by atoms with Gasteiger partial charge in [-0.1, -0.05) is 11.6 Å². The third kappa shape index (κ3) is 2.40. The van der Waals surface area contributed by atoms with Crippen LogP contribution in [0.3, 0.4) is 0 Å². The monoisotopic (exact) mass is 265 g/mol. The quantitative estimate of drug-likeness (QED) is 0.892. The van der Waals surface area contributed by atoms with E-state index in [0.717, 1.165) is 23.4 Å². The summed E-state index contributed by atoms with van der Waals surface area (Å²) in [5.74, 6) is -0.405. The standard InChI is InChI=1S/C13H13ClFN3/c14-11-5-8(1-4-12(11)15)13-9(7-17-18-13)6-16-10-2-3-10/h1,4-5,7,10,16H,2-3,6H2,(H,17,18). The van der Waals surface area contributed by atoms with E-state index in [9.17, 15) is 4.39 Å². The first-order valence-electron chi connectivity index (χ1n) is 5.95. The van der Waals surface area contributed by atoms with E-state index in [4.69, 9.17) is 11.6 Å². The van der Waals surface area contributed by atoms with Crippen LogP contribution in [-0.4, -0.2) is 16.2 Å². The summed E-state index contributed by atoms with van der Waals surface area (Å²) < 4.78 is 13.1. The van der Waals surface area contributed by atoms with Crippen LogP contribution in [0.1, 0.15) is 18.4 Å². The average Bonchev–Trinajstić information content (AvgIpc) is 3.08. The Morgan fingerprint density at radius 3 is 3.00 bits per heavy atom. The number of aromatic amines is 1. The van der Waals surface area contributed by atoms with Crippen molar-refractivity contribution in [3.05, 3.63) is 40.8 Å². The number of hydrogen-bond acceptors (Lipinski definition) is 2. The van der Waals surface area contributed by atoms with Gasteiger partial charge < -0.3 is 5.32 Å². The number of rotatable bonds is 4. The number of aromatic nitrogens is 2. The lowest BCUT2D eigenvalue weighted by molar-refractivity contribution is 0.628. The highest BCUT2D eigenvalue weighted by molar-refractivity contribution is 6.31. The summed E-state index contributed by atoms with van der Waals surface area (Å²) in [7, 11) is 0. The molecule has 1 aromatic carbocycles. The molecule has 0 saturated heterocycles. The summed E-state index contributed by atoms with van der Waals surface area (Å²) in [5.41, 5.74) is 2.82. The molecule has 1 aliphatic rings. The van der Waals surface area contributed by atoms with Crippen LogP contribution in [-0.2, 0) is 6.54 Å². The summed E-state index contributed by atoms with van der Waals surface area (Å²) >= 11 is 5.80. The van der Waals surface area contributed by atoms with Crippen LogP contribution in [0, 0.1) is 5.82 Å². The summed E-state index contributed by atoms with van der Waals surface area (Å²) in [5, 5.41) is 10.5. The molecule has 0 radical (unpaired) electrons. The van der Waals surface area contributed by atoms with Crippen molar-refractivity contribution in [2.45, 2.75) is 25.4 Å². The van der Waals surface area contributed by atoms with Gasteiger partial charge in [0.25, 0.3) is 0 Å². The van der Waals surface area contributed by atoms with Gasteiger partial charge in [0.15, 0.2) is 0 Å². The van der Waals surface area contributed by atoms with Crippen molar-refractivity contribution in [2.24, 2.45) is 0 Å². The molecule has 0 amide bonds. The minimum atomic E-state index is -0.405. The molecule has 1 saturated carbocycles. The normalized spacial score (nSPS) is 15.0. The van der Waals surface area contributed by atoms with Gasteiger partial charge in [-0.2, -0.15) is 5.10 Å². The molecule has 0 aliphatic heterocycles. The molecular weight excluding hydrogens is 253 g/mol. The maximum atomic E-state index is 13.1. The summed E-state index contributed by atoms with van der Waals surface area (Å²) in [6.07, 6.45) is 4.28. The Bertz CT molecular complexity index is 563. The molecule has 1 aliphatic carbocycles. The van der Waals surface area contributed by atoms with Crippen LogP contribution in [0.15, 0.2) is 24.4 Å². The molecule has 0 unspecified atom stereocenters. The minimum Gasteiger partial charge on any atom is -0.310 e. The lowest BCUT2D eigenvalue weighted by Crippen LogP contribution is -2.15.